The lowest BCUT2D eigenvalue weighted by Crippen LogP contribution is -2.29. The minimum absolute atomic E-state index is 0.114. The fraction of sp³-hybridized carbons (Fsp3) is 0.0435. The topological polar surface area (TPSA) is 83.4 Å². The number of carbonyl (C=O) groups excluding carboxylic acids is 2. The Bertz CT molecular complexity index is 1240. The third-order valence-corrected chi connectivity index (χ3v) is 5.61. The predicted octanol–water partition coefficient (Wildman–Crippen LogP) is 4.27. The summed E-state index contributed by atoms with van der Waals surface area (Å²) in [7, 11) is 0. The first-order valence-corrected chi connectivity index (χ1v) is 10.5. The maximum Gasteiger partial charge on any atom is 0.276 e. The van der Waals surface area contributed by atoms with Crippen molar-refractivity contribution in [1.29, 1.82) is 0 Å². The highest BCUT2D eigenvalue weighted by molar-refractivity contribution is 8.15. The quantitative estimate of drug-likeness (QED) is 0.629. The van der Waals surface area contributed by atoms with Gasteiger partial charge in [0.15, 0.2) is 10.9 Å². The number of amides is 2. The Balaban J connectivity index is 1.45. The van der Waals surface area contributed by atoms with Gasteiger partial charge in [-0.2, -0.15) is 0 Å². The van der Waals surface area contributed by atoms with E-state index in [1.165, 1.54) is 16.7 Å². The number of rotatable bonds is 4. The second-order valence-corrected chi connectivity index (χ2v) is 7.70. The fourth-order valence-electron chi connectivity index (χ4n) is 3.30. The van der Waals surface area contributed by atoms with Crippen LogP contribution < -0.4 is 15.0 Å². The number of carbonyl (C=O) groups is 2. The Morgan fingerprint density at radius 1 is 0.871 bits per heavy atom. The molecule has 0 bridgehead atoms. The van der Waals surface area contributed by atoms with Gasteiger partial charge in [-0.05, 0) is 30.3 Å². The van der Waals surface area contributed by atoms with E-state index in [9.17, 15) is 9.59 Å². The molecule has 8 heteroatoms. The van der Waals surface area contributed by atoms with Crippen LogP contribution in [0.1, 0.15) is 5.56 Å². The van der Waals surface area contributed by atoms with Gasteiger partial charge < -0.3 is 10.1 Å². The molecule has 0 aromatic heterocycles. The van der Waals surface area contributed by atoms with E-state index in [-0.39, 0.29) is 23.3 Å². The van der Waals surface area contributed by atoms with Crippen LogP contribution in [0, 0.1) is 0 Å². The third-order valence-electron chi connectivity index (χ3n) is 4.70. The first-order chi connectivity index (χ1) is 15.2. The van der Waals surface area contributed by atoms with Crippen LogP contribution >= 0.6 is 11.8 Å². The zero-order valence-corrected chi connectivity index (χ0v) is 17.0. The van der Waals surface area contributed by atoms with Crippen molar-refractivity contribution in [2.45, 2.75) is 0 Å². The molecule has 7 nitrogen and oxygen atoms in total. The van der Waals surface area contributed by atoms with Crippen molar-refractivity contribution >= 4 is 45.8 Å². The van der Waals surface area contributed by atoms with Gasteiger partial charge in [0.1, 0.15) is 11.5 Å². The van der Waals surface area contributed by atoms with Gasteiger partial charge in [0, 0.05) is 11.6 Å². The van der Waals surface area contributed by atoms with Crippen molar-refractivity contribution < 1.29 is 14.3 Å². The summed E-state index contributed by atoms with van der Waals surface area (Å²) in [5.41, 5.74) is 2.24. The maximum absolute atomic E-state index is 12.6. The number of anilines is 2. The number of amidine groups is 1. The predicted molar refractivity (Wildman–Crippen MR) is 122 cm³/mol. The zero-order chi connectivity index (χ0) is 21.2. The van der Waals surface area contributed by atoms with Crippen molar-refractivity contribution in [2.24, 2.45) is 10.2 Å². The monoisotopic (exact) mass is 428 g/mol. The molecule has 0 unspecified atom stereocenters. The van der Waals surface area contributed by atoms with E-state index in [4.69, 9.17) is 4.74 Å². The smallest absolute Gasteiger partial charge is 0.276 e. The van der Waals surface area contributed by atoms with Crippen LogP contribution in [0.3, 0.4) is 0 Å². The van der Waals surface area contributed by atoms with Gasteiger partial charge in [0.05, 0.1) is 17.1 Å². The molecule has 3 aromatic rings. The molecule has 0 atom stereocenters. The van der Waals surface area contributed by atoms with E-state index in [0.717, 1.165) is 0 Å². The molecule has 1 saturated heterocycles. The molecular formula is C23H16N4O3S. The Morgan fingerprint density at radius 2 is 1.65 bits per heavy atom. The van der Waals surface area contributed by atoms with Crippen molar-refractivity contribution in [1.82, 2.24) is 0 Å². The Hall–Kier alpha value is -3.91. The number of nitrogens with zero attached hydrogens (tertiary/aromatic N) is 3. The molecule has 2 aliphatic rings. The summed E-state index contributed by atoms with van der Waals surface area (Å²) in [4.78, 5) is 26.3. The highest BCUT2D eigenvalue weighted by Gasteiger charge is 2.31. The van der Waals surface area contributed by atoms with Gasteiger partial charge in [-0.25, -0.2) is 0 Å². The Kier molecular flexibility index (Phi) is 4.97. The van der Waals surface area contributed by atoms with E-state index in [2.05, 4.69) is 15.5 Å². The Morgan fingerprint density at radius 3 is 2.52 bits per heavy atom. The average molecular weight is 428 g/mol. The normalized spacial score (nSPS) is 17.9. The van der Waals surface area contributed by atoms with Gasteiger partial charge in [-0.1, -0.05) is 54.2 Å². The molecule has 152 valence electrons. The molecule has 0 radical (unpaired) electrons. The van der Waals surface area contributed by atoms with Crippen molar-refractivity contribution in [3.63, 3.8) is 0 Å². The van der Waals surface area contributed by atoms with Crippen molar-refractivity contribution in [3.05, 3.63) is 84.4 Å². The minimum atomic E-state index is -0.315. The van der Waals surface area contributed by atoms with E-state index in [1.54, 1.807) is 18.2 Å². The summed E-state index contributed by atoms with van der Waals surface area (Å²) in [5, 5.41) is 11.6. The van der Waals surface area contributed by atoms with Crippen molar-refractivity contribution in [2.75, 3.05) is 16.0 Å². The first kappa shape index (κ1) is 19.1. The number of fused-ring (bicyclic) bond motifs is 1. The second-order valence-electron chi connectivity index (χ2n) is 6.76. The molecule has 1 fully saturated rings. The van der Waals surface area contributed by atoms with Gasteiger partial charge in [-0.15, -0.1) is 10.2 Å². The fourth-order valence-corrected chi connectivity index (χ4v) is 4.11. The summed E-state index contributed by atoms with van der Waals surface area (Å²) in [6.45, 7) is 0. The molecule has 2 aliphatic heterocycles. The Labute approximate surface area is 182 Å². The molecular weight excluding hydrogens is 412 g/mol. The van der Waals surface area contributed by atoms with Gasteiger partial charge in [0.2, 0.25) is 5.91 Å². The van der Waals surface area contributed by atoms with Crippen LogP contribution in [0.25, 0.3) is 0 Å². The maximum atomic E-state index is 12.6. The summed E-state index contributed by atoms with van der Waals surface area (Å²) in [5.74, 6) is 1.12. The lowest BCUT2D eigenvalue weighted by Gasteiger charge is -2.16. The van der Waals surface area contributed by atoms with Gasteiger partial charge in [-0.3, -0.25) is 14.5 Å². The van der Waals surface area contributed by atoms with Crippen LogP contribution in [0.4, 0.5) is 11.4 Å². The summed E-state index contributed by atoms with van der Waals surface area (Å²) in [6, 6.07) is 23.9. The minimum Gasteiger partial charge on any atom is -0.457 e. The number of hydrogen-bond acceptors (Lipinski definition) is 6. The molecule has 5 rings (SSSR count). The van der Waals surface area contributed by atoms with E-state index >= 15 is 0 Å². The van der Waals surface area contributed by atoms with Gasteiger partial charge >= 0.3 is 0 Å². The number of hydrogen-bond donors (Lipinski definition) is 1. The highest BCUT2D eigenvalue weighted by Crippen LogP contribution is 2.31. The molecule has 2 amide bonds. The van der Waals surface area contributed by atoms with Gasteiger partial charge in [0.25, 0.3) is 5.91 Å². The average Bonchev–Trinajstić information content (AvgIpc) is 3.31. The van der Waals surface area contributed by atoms with Crippen LogP contribution in [0.2, 0.25) is 0 Å². The number of thioether (sulfide) groups is 1. The summed E-state index contributed by atoms with van der Waals surface area (Å²) >= 11 is 1.28. The first-order valence-electron chi connectivity index (χ1n) is 9.54. The lowest BCUT2D eigenvalue weighted by atomic mass is 10.1. The summed E-state index contributed by atoms with van der Waals surface area (Å²) in [6.07, 6.45) is 0. The van der Waals surface area contributed by atoms with Crippen molar-refractivity contribution in [3.8, 4) is 11.5 Å². The molecule has 0 spiro atoms. The highest BCUT2D eigenvalue weighted by atomic mass is 32.2. The third kappa shape index (κ3) is 3.80. The van der Waals surface area contributed by atoms with E-state index < -0.39 is 0 Å². The molecule has 1 N–H and O–H groups in total. The second kappa shape index (κ2) is 8.08. The SMILES string of the molecule is O=C1Nc2ccccc2/C1=N/N=C1/SCC(=O)N1c1cccc(Oc2ccccc2)c1. The number of ether oxygens (including phenoxy) is 1. The van der Waals surface area contributed by atoms with E-state index in [1.807, 2.05) is 60.7 Å². The largest absolute Gasteiger partial charge is 0.457 e. The standard InChI is InChI=1S/C23H16N4O3S/c28-20-14-31-23(26-25-21-18-11-4-5-12-19(18)24-22(21)29)27(20)15-7-6-10-17(13-15)30-16-8-2-1-3-9-16/h1-13H,14H2,(H,24,25,29)/b26-23+. The van der Waals surface area contributed by atoms with Crippen LogP contribution in [-0.2, 0) is 9.59 Å². The molecule has 0 saturated carbocycles. The number of para-hydroxylation sites is 2. The number of benzene rings is 3. The summed E-state index contributed by atoms with van der Waals surface area (Å²) < 4.78 is 5.88. The molecule has 0 aliphatic carbocycles. The molecule has 31 heavy (non-hydrogen) atoms. The van der Waals surface area contributed by atoms with Crippen LogP contribution in [0.15, 0.2) is 89.1 Å². The molecule has 3 aromatic carbocycles. The zero-order valence-electron chi connectivity index (χ0n) is 16.2. The van der Waals surface area contributed by atoms with Crippen LogP contribution in [-0.4, -0.2) is 28.4 Å². The van der Waals surface area contributed by atoms with Crippen LogP contribution in [0.5, 0.6) is 11.5 Å². The van der Waals surface area contributed by atoms with E-state index in [0.29, 0.717) is 33.6 Å². The lowest BCUT2D eigenvalue weighted by molar-refractivity contribution is -0.115. The number of nitrogens with one attached hydrogen (secondary N) is 1. The molecule has 2 heterocycles.